The summed E-state index contributed by atoms with van der Waals surface area (Å²) in [5.41, 5.74) is -1.56. The van der Waals surface area contributed by atoms with Crippen LogP contribution in [0, 0.1) is 0 Å². The van der Waals surface area contributed by atoms with Gasteiger partial charge in [0, 0.05) is 26.7 Å². The molecular formula is C18H32N2O4. The predicted molar refractivity (Wildman–Crippen MR) is 91.8 cm³/mol. The van der Waals surface area contributed by atoms with Crippen molar-refractivity contribution in [3.8, 4) is 0 Å². The minimum absolute atomic E-state index is 0.0766. The van der Waals surface area contributed by atoms with Crippen molar-refractivity contribution in [3.05, 3.63) is 0 Å². The number of nitrogens with zero attached hydrogens (tertiary/aromatic N) is 2. The predicted octanol–water partition coefficient (Wildman–Crippen LogP) is 2.80. The average molecular weight is 340 g/mol. The molecule has 138 valence electrons. The van der Waals surface area contributed by atoms with Crippen molar-refractivity contribution in [1.82, 2.24) is 9.80 Å². The second kappa shape index (κ2) is 6.54. The Balaban J connectivity index is 2.07. The van der Waals surface area contributed by atoms with Crippen LogP contribution in [0.5, 0.6) is 0 Å². The summed E-state index contributed by atoms with van der Waals surface area (Å²) in [6, 6.07) is 0. The third-order valence-corrected chi connectivity index (χ3v) is 5.14. The van der Waals surface area contributed by atoms with Crippen LogP contribution in [0.3, 0.4) is 0 Å². The molecule has 6 nitrogen and oxygen atoms in total. The molecule has 2 amide bonds. The second-order valence-corrected chi connectivity index (χ2v) is 8.12. The van der Waals surface area contributed by atoms with Gasteiger partial charge in [-0.3, -0.25) is 4.79 Å². The highest BCUT2D eigenvalue weighted by Gasteiger charge is 2.52. The first kappa shape index (κ1) is 19.0. The number of likely N-dealkylation sites (N-methyl/N-ethyl adjacent to an activating group) is 1. The van der Waals surface area contributed by atoms with Gasteiger partial charge < -0.3 is 19.3 Å². The van der Waals surface area contributed by atoms with Crippen molar-refractivity contribution in [2.75, 3.05) is 26.7 Å². The number of hydrogen-bond acceptors (Lipinski definition) is 4. The van der Waals surface area contributed by atoms with Gasteiger partial charge in [-0.1, -0.05) is 13.8 Å². The van der Waals surface area contributed by atoms with Crippen LogP contribution in [-0.4, -0.2) is 65.3 Å². The summed E-state index contributed by atoms with van der Waals surface area (Å²) in [5, 5.41) is 0. The van der Waals surface area contributed by atoms with E-state index in [0.717, 1.165) is 12.8 Å². The summed E-state index contributed by atoms with van der Waals surface area (Å²) in [5.74, 6) is 0.0766. The van der Waals surface area contributed by atoms with Gasteiger partial charge in [-0.15, -0.1) is 0 Å². The first-order chi connectivity index (χ1) is 11.1. The summed E-state index contributed by atoms with van der Waals surface area (Å²) < 4.78 is 11.9. The molecule has 0 aromatic carbocycles. The molecule has 0 radical (unpaired) electrons. The third-order valence-electron chi connectivity index (χ3n) is 5.14. The SMILES string of the molecule is CCC1(CC)OC2(CCN(C(=O)OC(C)(C)C)CC2)CN(C)C1=O. The van der Waals surface area contributed by atoms with Gasteiger partial charge in [-0.2, -0.15) is 0 Å². The minimum Gasteiger partial charge on any atom is -0.444 e. The van der Waals surface area contributed by atoms with Gasteiger partial charge in [-0.25, -0.2) is 4.79 Å². The number of rotatable bonds is 2. The second-order valence-electron chi connectivity index (χ2n) is 8.12. The first-order valence-corrected chi connectivity index (χ1v) is 9.00. The number of carbonyl (C=O) groups is 2. The lowest BCUT2D eigenvalue weighted by atomic mass is 9.84. The van der Waals surface area contributed by atoms with E-state index < -0.39 is 11.2 Å². The fourth-order valence-corrected chi connectivity index (χ4v) is 3.72. The normalized spacial score (nSPS) is 23.5. The molecule has 2 rings (SSSR count). The molecule has 2 fully saturated rings. The fraction of sp³-hybridized carbons (Fsp3) is 0.889. The number of piperidine rings is 1. The van der Waals surface area contributed by atoms with Crippen molar-refractivity contribution in [2.24, 2.45) is 0 Å². The Morgan fingerprint density at radius 1 is 1.21 bits per heavy atom. The van der Waals surface area contributed by atoms with Crippen molar-refractivity contribution in [2.45, 2.75) is 77.1 Å². The molecule has 0 aromatic heterocycles. The smallest absolute Gasteiger partial charge is 0.410 e. The molecule has 0 atom stereocenters. The lowest BCUT2D eigenvalue weighted by Crippen LogP contribution is -2.66. The molecule has 0 aliphatic carbocycles. The van der Waals surface area contributed by atoms with Crippen molar-refractivity contribution in [1.29, 1.82) is 0 Å². The van der Waals surface area contributed by atoms with Gasteiger partial charge in [0.15, 0.2) is 0 Å². The van der Waals surface area contributed by atoms with Crippen LogP contribution < -0.4 is 0 Å². The molecule has 0 aromatic rings. The molecule has 6 heteroatoms. The number of ether oxygens (including phenoxy) is 2. The zero-order valence-corrected chi connectivity index (χ0v) is 16.0. The van der Waals surface area contributed by atoms with E-state index in [4.69, 9.17) is 9.47 Å². The highest BCUT2D eigenvalue weighted by atomic mass is 16.6. The highest BCUT2D eigenvalue weighted by molar-refractivity contribution is 5.86. The first-order valence-electron chi connectivity index (χ1n) is 9.00. The molecule has 2 aliphatic heterocycles. The van der Waals surface area contributed by atoms with Crippen LogP contribution in [0.2, 0.25) is 0 Å². The van der Waals surface area contributed by atoms with Crippen LogP contribution in [-0.2, 0) is 14.3 Å². The van der Waals surface area contributed by atoms with Crippen molar-refractivity contribution < 1.29 is 19.1 Å². The Morgan fingerprint density at radius 3 is 2.21 bits per heavy atom. The molecule has 0 saturated carbocycles. The molecule has 1 spiro atoms. The van der Waals surface area contributed by atoms with Crippen LogP contribution in [0.15, 0.2) is 0 Å². The number of morpholine rings is 1. The molecule has 2 heterocycles. The topological polar surface area (TPSA) is 59.1 Å². The maximum atomic E-state index is 12.6. The number of hydrogen-bond donors (Lipinski definition) is 0. The van der Waals surface area contributed by atoms with Crippen molar-refractivity contribution >= 4 is 12.0 Å². The van der Waals surface area contributed by atoms with Gasteiger partial charge in [0.2, 0.25) is 0 Å². The van der Waals surface area contributed by atoms with Gasteiger partial charge in [0.25, 0.3) is 5.91 Å². The van der Waals surface area contributed by atoms with Gasteiger partial charge >= 0.3 is 6.09 Å². The quantitative estimate of drug-likeness (QED) is 0.775. The Morgan fingerprint density at radius 2 is 1.75 bits per heavy atom. The lowest BCUT2D eigenvalue weighted by molar-refractivity contribution is -0.224. The Kier molecular flexibility index (Phi) is 5.19. The average Bonchev–Trinajstić information content (AvgIpc) is 2.50. The number of carbonyl (C=O) groups excluding carboxylic acids is 2. The van der Waals surface area contributed by atoms with E-state index in [0.29, 0.717) is 32.5 Å². The van der Waals surface area contributed by atoms with E-state index in [2.05, 4.69) is 0 Å². The van der Waals surface area contributed by atoms with E-state index in [1.165, 1.54) is 0 Å². The van der Waals surface area contributed by atoms with Gasteiger partial charge in [0.05, 0.1) is 5.60 Å². The molecule has 0 bridgehead atoms. The van der Waals surface area contributed by atoms with E-state index in [-0.39, 0.29) is 17.6 Å². The van der Waals surface area contributed by atoms with E-state index in [1.54, 1.807) is 9.80 Å². The molecule has 2 saturated heterocycles. The Labute approximate surface area is 145 Å². The van der Waals surface area contributed by atoms with E-state index in [1.807, 2.05) is 41.7 Å². The molecule has 24 heavy (non-hydrogen) atoms. The maximum absolute atomic E-state index is 12.6. The molecule has 0 unspecified atom stereocenters. The summed E-state index contributed by atoms with van der Waals surface area (Å²) in [6.07, 6.45) is 2.53. The monoisotopic (exact) mass is 340 g/mol. The summed E-state index contributed by atoms with van der Waals surface area (Å²) in [6.45, 7) is 11.4. The highest BCUT2D eigenvalue weighted by Crippen LogP contribution is 2.40. The Hall–Kier alpha value is -1.30. The van der Waals surface area contributed by atoms with E-state index >= 15 is 0 Å². The molecular weight excluding hydrogens is 308 g/mol. The van der Waals surface area contributed by atoms with Crippen LogP contribution in [0.4, 0.5) is 4.79 Å². The number of amides is 2. The number of likely N-dealkylation sites (tertiary alicyclic amines) is 1. The zero-order valence-electron chi connectivity index (χ0n) is 16.0. The summed E-state index contributed by atoms with van der Waals surface area (Å²) >= 11 is 0. The molecule has 2 aliphatic rings. The Bertz CT molecular complexity index is 486. The van der Waals surface area contributed by atoms with Crippen LogP contribution in [0.1, 0.15) is 60.3 Å². The van der Waals surface area contributed by atoms with Crippen molar-refractivity contribution in [3.63, 3.8) is 0 Å². The molecule has 0 N–H and O–H groups in total. The fourth-order valence-electron chi connectivity index (χ4n) is 3.72. The van der Waals surface area contributed by atoms with E-state index in [9.17, 15) is 9.59 Å². The summed E-state index contributed by atoms with van der Waals surface area (Å²) in [4.78, 5) is 28.4. The van der Waals surface area contributed by atoms with Crippen LogP contribution in [0.25, 0.3) is 0 Å². The standard InChI is InChI=1S/C18H32N2O4/c1-7-18(8-2)14(21)19(6)13-17(24-18)9-11-20(12-10-17)15(22)23-16(3,4)5/h7-13H2,1-6H3. The van der Waals surface area contributed by atoms with Crippen LogP contribution >= 0.6 is 0 Å². The maximum Gasteiger partial charge on any atom is 0.410 e. The third kappa shape index (κ3) is 3.68. The summed E-state index contributed by atoms with van der Waals surface area (Å²) in [7, 11) is 1.85. The minimum atomic E-state index is -0.721. The van der Waals surface area contributed by atoms with Gasteiger partial charge in [-0.05, 0) is 46.5 Å². The largest absolute Gasteiger partial charge is 0.444 e. The lowest BCUT2D eigenvalue weighted by Gasteiger charge is -2.53. The zero-order chi connectivity index (χ0) is 18.2. The van der Waals surface area contributed by atoms with Gasteiger partial charge in [0.1, 0.15) is 11.2 Å².